The lowest BCUT2D eigenvalue weighted by atomic mass is 10.1. The van der Waals surface area contributed by atoms with Gasteiger partial charge in [0, 0.05) is 0 Å². The molecule has 0 N–H and O–H groups in total. The van der Waals surface area contributed by atoms with E-state index in [-0.39, 0.29) is 0 Å². The third-order valence-electron chi connectivity index (χ3n) is 3.53. The average molecular weight is 288 g/mol. The lowest BCUT2D eigenvalue weighted by molar-refractivity contribution is 0.301. The summed E-state index contributed by atoms with van der Waals surface area (Å²) < 4.78 is 11.0. The minimum absolute atomic E-state index is 0.502. The van der Waals surface area contributed by atoms with Crippen LogP contribution < -0.4 is 4.74 Å². The van der Waals surface area contributed by atoms with Crippen LogP contribution in [0.15, 0.2) is 28.8 Å². The maximum Gasteiger partial charge on any atom is 0.140 e. The zero-order valence-electron chi connectivity index (χ0n) is 13.3. The largest absolute Gasteiger partial charge is 0.489 e. The van der Waals surface area contributed by atoms with Gasteiger partial charge in [0.1, 0.15) is 18.1 Å². The molecule has 0 amide bonds. The molecular formula is C17H24N2O2. The molecule has 1 aromatic carbocycles. The van der Waals surface area contributed by atoms with E-state index >= 15 is 0 Å². The summed E-state index contributed by atoms with van der Waals surface area (Å²) in [5.41, 5.74) is 3.25. The van der Waals surface area contributed by atoms with Crippen LogP contribution in [-0.4, -0.2) is 30.7 Å². The van der Waals surface area contributed by atoms with Crippen LogP contribution in [0.25, 0.3) is 0 Å². The normalized spacial score (nSPS) is 11.1. The molecule has 1 aromatic heterocycles. The fourth-order valence-electron chi connectivity index (χ4n) is 2.25. The Balaban J connectivity index is 1.92. The van der Waals surface area contributed by atoms with E-state index in [0.717, 1.165) is 42.2 Å². The Bertz CT molecular complexity index is 556. The molecule has 114 valence electrons. The minimum atomic E-state index is 0.502. The van der Waals surface area contributed by atoms with Crippen molar-refractivity contribution in [3.05, 3.63) is 46.8 Å². The molecule has 0 aliphatic rings. The smallest absolute Gasteiger partial charge is 0.140 e. The maximum atomic E-state index is 5.87. The molecule has 0 bridgehead atoms. The number of benzene rings is 1. The van der Waals surface area contributed by atoms with Crippen LogP contribution in [0.5, 0.6) is 5.75 Å². The first kappa shape index (κ1) is 15.6. The molecule has 4 heteroatoms. The van der Waals surface area contributed by atoms with Crippen LogP contribution in [0.1, 0.15) is 29.0 Å². The number of aryl methyl sites for hydroxylation is 3. The van der Waals surface area contributed by atoms with Gasteiger partial charge in [0.25, 0.3) is 0 Å². The highest BCUT2D eigenvalue weighted by Gasteiger charge is 2.09. The molecule has 2 aromatic rings. The maximum absolute atomic E-state index is 5.87. The number of nitrogens with zero attached hydrogens (tertiary/aromatic N) is 2. The van der Waals surface area contributed by atoms with Crippen molar-refractivity contribution >= 4 is 0 Å². The fourth-order valence-corrected chi connectivity index (χ4v) is 2.25. The summed E-state index contributed by atoms with van der Waals surface area (Å²) >= 11 is 0. The molecule has 0 unspecified atom stereocenters. The predicted octanol–water partition coefficient (Wildman–Crippen LogP) is 3.36. The quantitative estimate of drug-likeness (QED) is 0.783. The summed E-state index contributed by atoms with van der Waals surface area (Å²) in [6.45, 7) is 5.45. The van der Waals surface area contributed by atoms with Crippen LogP contribution >= 0.6 is 0 Å². The first-order chi connectivity index (χ1) is 10.1. The molecule has 21 heavy (non-hydrogen) atoms. The van der Waals surface area contributed by atoms with Crippen LogP contribution in [0.4, 0.5) is 0 Å². The van der Waals surface area contributed by atoms with E-state index in [1.807, 2.05) is 26.0 Å². The topological polar surface area (TPSA) is 38.5 Å². The lowest BCUT2D eigenvalue weighted by Crippen LogP contribution is -2.13. The molecule has 0 spiro atoms. The zero-order chi connectivity index (χ0) is 15.2. The van der Waals surface area contributed by atoms with Crippen LogP contribution in [0.3, 0.4) is 0 Å². The van der Waals surface area contributed by atoms with Gasteiger partial charge in [0.2, 0.25) is 0 Å². The van der Waals surface area contributed by atoms with E-state index in [0.29, 0.717) is 6.61 Å². The first-order valence-corrected chi connectivity index (χ1v) is 7.34. The summed E-state index contributed by atoms with van der Waals surface area (Å²) in [6, 6.07) is 8.31. The third kappa shape index (κ3) is 4.60. The lowest BCUT2D eigenvalue weighted by Gasteiger charge is -2.10. The molecule has 0 saturated carbocycles. The second-order valence-electron chi connectivity index (χ2n) is 5.65. The van der Waals surface area contributed by atoms with Crippen LogP contribution in [0.2, 0.25) is 0 Å². The number of hydrogen-bond donors (Lipinski definition) is 0. The second-order valence-corrected chi connectivity index (χ2v) is 5.65. The average Bonchev–Trinajstić information content (AvgIpc) is 2.76. The van der Waals surface area contributed by atoms with E-state index in [2.05, 4.69) is 36.3 Å². The van der Waals surface area contributed by atoms with Crippen molar-refractivity contribution in [1.82, 2.24) is 10.1 Å². The zero-order valence-corrected chi connectivity index (χ0v) is 13.3. The predicted molar refractivity (Wildman–Crippen MR) is 83.6 cm³/mol. The van der Waals surface area contributed by atoms with Gasteiger partial charge in [-0.25, -0.2) is 0 Å². The van der Waals surface area contributed by atoms with E-state index in [1.54, 1.807) is 0 Å². The number of hydrogen-bond acceptors (Lipinski definition) is 4. The Hall–Kier alpha value is -1.81. The SMILES string of the molecule is Cc1noc(C)c1COc1cccc(CCCN(C)C)c1. The standard InChI is InChI=1S/C17H24N2O2/c1-13-17(14(2)21-18-13)12-20-16-9-5-7-15(11-16)8-6-10-19(3)4/h5,7,9,11H,6,8,10,12H2,1-4H3. The first-order valence-electron chi connectivity index (χ1n) is 7.34. The summed E-state index contributed by atoms with van der Waals surface area (Å²) in [4.78, 5) is 2.21. The Kier molecular flexibility index (Phi) is 5.39. The molecule has 0 radical (unpaired) electrons. The van der Waals surface area contributed by atoms with E-state index in [9.17, 15) is 0 Å². The Morgan fingerprint density at radius 2 is 2.05 bits per heavy atom. The third-order valence-corrected chi connectivity index (χ3v) is 3.53. The second kappa shape index (κ2) is 7.27. The van der Waals surface area contributed by atoms with Crippen molar-refractivity contribution in [3.63, 3.8) is 0 Å². The van der Waals surface area contributed by atoms with Gasteiger partial charge in [-0.15, -0.1) is 0 Å². The van der Waals surface area contributed by atoms with E-state index in [4.69, 9.17) is 9.26 Å². The Morgan fingerprint density at radius 1 is 1.24 bits per heavy atom. The summed E-state index contributed by atoms with van der Waals surface area (Å²) in [6.07, 6.45) is 2.22. The molecule has 2 rings (SSSR count). The van der Waals surface area contributed by atoms with Gasteiger partial charge < -0.3 is 14.2 Å². The number of aromatic nitrogens is 1. The van der Waals surface area contributed by atoms with Gasteiger partial charge in [-0.3, -0.25) is 0 Å². The molecule has 0 atom stereocenters. The van der Waals surface area contributed by atoms with Gasteiger partial charge >= 0.3 is 0 Å². The highest BCUT2D eigenvalue weighted by molar-refractivity contribution is 5.29. The molecule has 4 nitrogen and oxygen atoms in total. The number of ether oxygens (including phenoxy) is 1. The van der Waals surface area contributed by atoms with Gasteiger partial charge in [0.15, 0.2) is 0 Å². The molecule has 0 saturated heterocycles. The van der Waals surface area contributed by atoms with Crippen molar-refractivity contribution < 1.29 is 9.26 Å². The molecule has 0 fully saturated rings. The summed E-state index contributed by atoms with van der Waals surface area (Å²) in [7, 11) is 4.20. The Labute approximate surface area is 126 Å². The Morgan fingerprint density at radius 3 is 2.71 bits per heavy atom. The molecule has 0 aliphatic carbocycles. The van der Waals surface area contributed by atoms with Crippen LogP contribution in [0, 0.1) is 13.8 Å². The summed E-state index contributed by atoms with van der Waals surface area (Å²) in [5, 5.41) is 3.94. The van der Waals surface area contributed by atoms with E-state index < -0.39 is 0 Å². The van der Waals surface area contributed by atoms with Gasteiger partial charge in [-0.05, 0) is 65.0 Å². The summed E-state index contributed by atoms with van der Waals surface area (Å²) in [5.74, 6) is 1.73. The highest BCUT2D eigenvalue weighted by Crippen LogP contribution is 2.19. The highest BCUT2D eigenvalue weighted by atomic mass is 16.5. The molecular weight excluding hydrogens is 264 g/mol. The number of rotatable bonds is 7. The van der Waals surface area contributed by atoms with Crippen LogP contribution in [-0.2, 0) is 13.0 Å². The fraction of sp³-hybridized carbons (Fsp3) is 0.471. The van der Waals surface area contributed by atoms with Gasteiger partial charge in [-0.2, -0.15) is 0 Å². The van der Waals surface area contributed by atoms with Gasteiger partial charge in [-0.1, -0.05) is 17.3 Å². The van der Waals surface area contributed by atoms with Crippen molar-refractivity contribution in [2.24, 2.45) is 0 Å². The monoisotopic (exact) mass is 288 g/mol. The molecule has 0 aliphatic heterocycles. The van der Waals surface area contributed by atoms with Crippen molar-refractivity contribution in [2.45, 2.75) is 33.3 Å². The minimum Gasteiger partial charge on any atom is -0.489 e. The molecule has 1 heterocycles. The van der Waals surface area contributed by atoms with Crippen molar-refractivity contribution in [1.29, 1.82) is 0 Å². The van der Waals surface area contributed by atoms with Crippen molar-refractivity contribution in [3.8, 4) is 5.75 Å². The van der Waals surface area contributed by atoms with Crippen molar-refractivity contribution in [2.75, 3.05) is 20.6 Å². The van der Waals surface area contributed by atoms with Gasteiger partial charge in [0.05, 0.1) is 11.3 Å². The van der Waals surface area contributed by atoms with E-state index in [1.165, 1.54) is 5.56 Å².